The van der Waals surface area contributed by atoms with E-state index in [1.807, 2.05) is 6.07 Å². The van der Waals surface area contributed by atoms with Crippen molar-refractivity contribution in [3.05, 3.63) is 29.6 Å². The highest BCUT2D eigenvalue weighted by molar-refractivity contribution is 5.87. The Hall–Kier alpha value is -1.38. The second-order valence-corrected chi connectivity index (χ2v) is 4.73. The summed E-state index contributed by atoms with van der Waals surface area (Å²) in [4.78, 5) is 15.0. The summed E-state index contributed by atoms with van der Waals surface area (Å²) in [7, 11) is 0. The number of rotatable bonds is 8. The lowest BCUT2D eigenvalue weighted by Crippen LogP contribution is -2.03. The Bertz CT molecular complexity index is 359. The number of carboxylic acids is 1. The van der Waals surface area contributed by atoms with Crippen LogP contribution in [-0.4, -0.2) is 16.1 Å². The average Bonchev–Trinajstić information content (AvgIpc) is 2.39. The van der Waals surface area contributed by atoms with E-state index in [1.165, 1.54) is 31.9 Å². The molecule has 1 aromatic heterocycles. The predicted octanol–water partition coefficient (Wildman–Crippen LogP) is 4.24. The number of carbonyl (C=O) groups is 1. The van der Waals surface area contributed by atoms with Crippen molar-refractivity contribution in [2.45, 2.75) is 58.3 Å². The molecule has 1 N–H and O–H groups in total. The summed E-state index contributed by atoms with van der Waals surface area (Å²) < 4.78 is 0. The molecule has 0 saturated carbocycles. The van der Waals surface area contributed by atoms with Crippen LogP contribution in [0.25, 0.3) is 0 Å². The van der Waals surface area contributed by atoms with Gasteiger partial charge in [0.05, 0.1) is 5.56 Å². The van der Waals surface area contributed by atoms with Gasteiger partial charge in [-0.1, -0.05) is 39.5 Å². The van der Waals surface area contributed by atoms with E-state index in [-0.39, 0.29) is 5.56 Å². The number of carboxylic acid groups (broad SMARTS) is 1. The Morgan fingerprint density at radius 2 is 2.06 bits per heavy atom. The zero-order valence-electron chi connectivity index (χ0n) is 11.4. The first-order valence-electron chi connectivity index (χ1n) is 6.88. The van der Waals surface area contributed by atoms with Crippen molar-refractivity contribution < 1.29 is 9.90 Å². The third kappa shape index (κ3) is 4.47. The Morgan fingerprint density at radius 3 is 2.56 bits per heavy atom. The van der Waals surface area contributed by atoms with Crippen molar-refractivity contribution in [3.8, 4) is 0 Å². The van der Waals surface area contributed by atoms with Gasteiger partial charge in [-0.2, -0.15) is 0 Å². The van der Waals surface area contributed by atoms with Crippen LogP contribution in [0.4, 0.5) is 0 Å². The van der Waals surface area contributed by atoms with Gasteiger partial charge in [0.15, 0.2) is 0 Å². The minimum Gasteiger partial charge on any atom is -0.478 e. The molecule has 0 fully saturated rings. The molecule has 1 heterocycles. The first-order valence-corrected chi connectivity index (χ1v) is 6.88. The molecule has 0 saturated heterocycles. The van der Waals surface area contributed by atoms with E-state index in [9.17, 15) is 4.79 Å². The molecule has 1 aromatic rings. The minimum atomic E-state index is -0.912. The maximum absolute atomic E-state index is 10.8. The van der Waals surface area contributed by atoms with Crippen LogP contribution in [0.2, 0.25) is 0 Å². The molecule has 0 aliphatic rings. The van der Waals surface area contributed by atoms with E-state index in [0.29, 0.717) is 5.92 Å². The van der Waals surface area contributed by atoms with Gasteiger partial charge in [-0.25, -0.2) is 4.79 Å². The second-order valence-electron chi connectivity index (χ2n) is 4.73. The van der Waals surface area contributed by atoms with Crippen LogP contribution in [0, 0.1) is 0 Å². The third-order valence-corrected chi connectivity index (χ3v) is 3.35. The lowest BCUT2D eigenvalue weighted by atomic mass is 9.94. The molecule has 0 aliphatic heterocycles. The molecule has 0 bridgehead atoms. The van der Waals surface area contributed by atoms with Crippen molar-refractivity contribution >= 4 is 5.97 Å². The van der Waals surface area contributed by atoms with Crippen molar-refractivity contribution in [2.75, 3.05) is 0 Å². The Balaban J connectivity index is 2.56. The topological polar surface area (TPSA) is 50.2 Å². The number of nitrogens with zero attached hydrogens (tertiary/aromatic N) is 1. The fourth-order valence-corrected chi connectivity index (χ4v) is 2.15. The summed E-state index contributed by atoms with van der Waals surface area (Å²) in [5.41, 5.74) is 1.29. The molecule has 0 radical (unpaired) electrons. The number of pyridine rings is 1. The maximum atomic E-state index is 10.8. The first kappa shape index (κ1) is 14.7. The maximum Gasteiger partial charge on any atom is 0.337 e. The average molecular weight is 249 g/mol. The minimum absolute atomic E-state index is 0.264. The normalized spacial score (nSPS) is 12.3. The predicted molar refractivity (Wildman–Crippen MR) is 73.0 cm³/mol. The molecule has 1 atom stereocenters. The molecule has 100 valence electrons. The molecule has 0 spiro atoms. The molecular formula is C15H23NO2. The molecule has 1 rings (SSSR count). The van der Waals surface area contributed by atoms with E-state index >= 15 is 0 Å². The van der Waals surface area contributed by atoms with E-state index < -0.39 is 5.97 Å². The highest BCUT2D eigenvalue weighted by Gasteiger charge is 2.11. The van der Waals surface area contributed by atoms with Crippen LogP contribution in [0.1, 0.15) is 74.3 Å². The SMILES string of the molecule is CCCCCCC(CC)c1ccc(C(=O)O)cn1. The first-order chi connectivity index (χ1) is 8.69. The zero-order valence-corrected chi connectivity index (χ0v) is 11.4. The van der Waals surface area contributed by atoms with Gasteiger partial charge in [0.1, 0.15) is 0 Å². The number of aromatic nitrogens is 1. The molecular weight excluding hydrogens is 226 g/mol. The largest absolute Gasteiger partial charge is 0.478 e. The highest BCUT2D eigenvalue weighted by atomic mass is 16.4. The Morgan fingerprint density at radius 1 is 1.28 bits per heavy atom. The van der Waals surface area contributed by atoms with E-state index in [0.717, 1.165) is 18.5 Å². The molecule has 1 unspecified atom stereocenters. The van der Waals surface area contributed by atoms with Gasteiger partial charge in [0.25, 0.3) is 0 Å². The van der Waals surface area contributed by atoms with Crippen LogP contribution in [0.3, 0.4) is 0 Å². The van der Waals surface area contributed by atoms with Crippen molar-refractivity contribution in [1.29, 1.82) is 0 Å². The van der Waals surface area contributed by atoms with Crippen LogP contribution in [0.5, 0.6) is 0 Å². The quantitative estimate of drug-likeness (QED) is 0.701. The van der Waals surface area contributed by atoms with Gasteiger partial charge < -0.3 is 5.11 Å². The van der Waals surface area contributed by atoms with Gasteiger partial charge in [0, 0.05) is 17.8 Å². The summed E-state index contributed by atoms with van der Waals surface area (Å²) in [6.45, 7) is 4.38. The highest BCUT2D eigenvalue weighted by Crippen LogP contribution is 2.24. The third-order valence-electron chi connectivity index (χ3n) is 3.35. The second kappa shape index (κ2) is 7.85. The van der Waals surface area contributed by atoms with Crippen molar-refractivity contribution in [3.63, 3.8) is 0 Å². The van der Waals surface area contributed by atoms with Gasteiger partial charge in [-0.3, -0.25) is 4.98 Å². The number of hydrogen-bond acceptors (Lipinski definition) is 2. The van der Waals surface area contributed by atoms with Crippen LogP contribution < -0.4 is 0 Å². The smallest absolute Gasteiger partial charge is 0.337 e. The van der Waals surface area contributed by atoms with Crippen molar-refractivity contribution in [2.24, 2.45) is 0 Å². The summed E-state index contributed by atoms with van der Waals surface area (Å²) in [5, 5.41) is 8.83. The molecule has 0 amide bonds. The van der Waals surface area contributed by atoms with E-state index in [2.05, 4.69) is 18.8 Å². The Labute approximate surface area is 109 Å². The molecule has 0 aliphatic carbocycles. The number of hydrogen-bond donors (Lipinski definition) is 1. The summed E-state index contributed by atoms with van der Waals surface area (Å²) >= 11 is 0. The fourth-order valence-electron chi connectivity index (χ4n) is 2.15. The van der Waals surface area contributed by atoms with Gasteiger partial charge in [0.2, 0.25) is 0 Å². The fraction of sp³-hybridized carbons (Fsp3) is 0.600. The van der Waals surface area contributed by atoms with Crippen LogP contribution >= 0.6 is 0 Å². The van der Waals surface area contributed by atoms with Gasteiger partial charge >= 0.3 is 5.97 Å². The molecule has 0 aromatic carbocycles. The molecule has 3 heteroatoms. The number of unbranched alkanes of at least 4 members (excludes halogenated alkanes) is 3. The lowest BCUT2D eigenvalue weighted by molar-refractivity contribution is 0.0696. The van der Waals surface area contributed by atoms with Crippen molar-refractivity contribution in [1.82, 2.24) is 4.98 Å². The standard InChI is InChI=1S/C15H23NO2/c1-3-5-6-7-8-12(4-2)14-10-9-13(11-16-14)15(17)18/h9-12H,3-8H2,1-2H3,(H,17,18). The lowest BCUT2D eigenvalue weighted by Gasteiger charge is -2.14. The van der Waals surface area contributed by atoms with E-state index in [1.54, 1.807) is 6.07 Å². The summed E-state index contributed by atoms with van der Waals surface area (Å²) in [6, 6.07) is 3.51. The summed E-state index contributed by atoms with van der Waals surface area (Å²) in [5.74, 6) is -0.449. The van der Waals surface area contributed by atoms with E-state index in [4.69, 9.17) is 5.11 Å². The van der Waals surface area contributed by atoms with Crippen LogP contribution in [0.15, 0.2) is 18.3 Å². The molecule has 18 heavy (non-hydrogen) atoms. The van der Waals surface area contributed by atoms with Crippen LogP contribution in [-0.2, 0) is 0 Å². The monoisotopic (exact) mass is 249 g/mol. The van der Waals surface area contributed by atoms with Gasteiger partial charge in [-0.15, -0.1) is 0 Å². The summed E-state index contributed by atoms with van der Waals surface area (Å²) in [6.07, 6.45) is 8.73. The van der Waals surface area contributed by atoms with Gasteiger partial charge in [-0.05, 0) is 25.0 Å². The number of aromatic carboxylic acids is 1. The zero-order chi connectivity index (χ0) is 13.4. The molecule has 3 nitrogen and oxygen atoms in total. The Kier molecular flexibility index (Phi) is 6.40.